The predicted molar refractivity (Wildman–Crippen MR) is 131 cm³/mol. The van der Waals surface area contributed by atoms with Crippen molar-refractivity contribution >= 4 is 16.9 Å². The van der Waals surface area contributed by atoms with E-state index in [-0.39, 0.29) is 22.8 Å². The average Bonchev–Trinajstić information content (AvgIpc) is 3.47. The fourth-order valence-electron chi connectivity index (χ4n) is 4.47. The van der Waals surface area contributed by atoms with Gasteiger partial charge in [-0.1, -0.05) is 32.8 Å². The van der Waals surface area contributed by atoms with Crippen LogP contribution >= 0.6 is 0 Å². The number of nitrogens with zero attached hydrogens (tertiary/aromatic N) is 2. The van der Waals surface area contributed by atoms with Crippen molar-refractivity contribution < 1.29 is 9.18 Å². The van der Waals surface area contributed by atoms with Gasteiger partial charge in [-0.05, 0) is 86.4 Å². The second kappa shape index (κ2) is 8.81. The van der Waals surface area contributed by atoms with E-state index in [2.05, 4.69) is 47.8 Å². The first-order chi connectivity index (χ1) is 15.5. The van der Waals surface area contributed by atoms with Crippen molar-refractivity contribution in [3.8, 4) is 5.69 Å². The summed E-state index contributed by atoms with van der Waals surface area (Å²) in [4.78, 5) is 12.4. The number of hydrogen-bond donors (Lipinski definition) is 2. The normalized spacial score (nSPS) is 15.5. The first-order valence-corrected chi connectivity index (χ1v) is 11.8. The smallest absolute Gasteiger partial charge is 0.315 e. The van der Waals surface area contributed by atoms with Gasteiger partial charge in [0.25, 0.3) is 0 Å². The van der Waals surface area contributed by atoms with Crippen molar-refractivity contribution in [1.29, 1.82) is 0 Å². The van der Waals surface area contributed by atoms with Crippen molar-refractivity contribution in [1.82, 2.24) is 20.4 Å². The summed E-state index contributed by atoms with van der Waals surface area (Å²) in [7, 11) is 0. The van der Waals surface area contributed by atoms with E-state index < -0.39 is 0 Å². The van der Waals surface area contributed by atoms with Crippen LogP contribution in [0.5, 0.6) is 0 Å². The van der Waals surface area contributed by atoms with Crippen LogP contribution in [-0.4, -0.2) is 27.9 Å². The van der Waals surface area contributed by atoms with Gasteiger partial charge in [-0.3, -0.25) is 0 Å². The van der Waals surface area contributed by atoms with Gasteiger partial charge in [0.05, 0.1) is 17.4 Å². The molecule has 1 heterocycles. The standard InChI is InChI=1S/C27H35FN4O/c1-26(2,3)31-25(33)29-17-27(4,5)23(14-18-6-7-18)19-8-13-24-20(15-19)16-30-32(24)22-11-9-21(28)10-12-22/h8-13,15-16,18,23H,6-7,14,17H2,1-5H3,(H2,29,31,33). The molecular weight excluding hydrogens is 415 g/mol. The molecular formula is C27H35FN4O. The Morgan fingerprint density at radius 2 is 1.82 bits per heavy atom. The van der Waals surface area contributed by atoms with Gasteiger partial charge in [-0.2, -0.15) is 5.10 Å². The molecule has 1 aliphatic carbocycles. The van der Waals surface area contributed by atoms with Crippen LogP contribution in [0.1, 0.15) is 65.4 Å². The number of urea groups is 1. The molecule has 4 rings (SSSR count). The summed E-state index contributed by atoms with van der Waals surface area (Å²) in [5.41, 5.74) is 2.73. The number of halogens is 1. The Hall–Kier alpha value is -2.89. The van der Waals surface area contributed by atoms with E-state index in [0.29, 0.717) is 12.5 Å². The van der Waals surface area contributed by atoms with Crippen molar-refractivity contribution in [2.45, 2.75) is 65.3 Å². The van der Waals surface area contributed by atoms with Crippen LogP contribution in [0, 0.1) is 17.2 Å². The Bertz CT molecular complexity index is 1120. The number of carbonyl (C=O) groups excluding carboxylic acids is 1. The molecule has 1 aromatic heterocycles. The van der Waals surface area contributed by atoms with Gasteiger partial charge in [0.2, 0.25) is 0 Å². The molecule has 0 aliphatic heterocycles. The quantitative estimate of drug-likeness (QED) is 0.452. The Kier molecular flexibility index (Phi) is 6.21. The van der Waals surface area contributed by atoms with E-state index in [0.717, 1.165) is 28.9 Å². The largest absolute Gasteiger partial charge is 0.338 e. The summed E-state index contributed by atoms with van der Waals surface area (Å²) in [6, 6.07) is 12.8. The van der Waals surface area contributed by atoms with Gasteiger partial charge in [0.15, 0.2) is 0 Å². The van der Waals surface area contributed by atoms with Gasteiger partial charge in [0.1, 0.15) is 5.82 Å². The van der Waals surface area contributed by atoms with Crippen LogP contribution in [0.15, 0.2) is 48.7 Å². The van der Waals surface area contributed by atoms with E-state index in [4.69, 9.17) is 0 Å². The van der Waals surface area contributed by atoms with Gasteiger partial charge in [-0.25, -0.2) is 13.9 Å². The third kappa shape index (κ3) is 5.73. The summed E-state index contributed by atoms with van der Waals surface area (Å²) in [5, 5.41) is 11.7. The SMILES string of the molecule is CC(C)(C)NC(=O)NCC(C)(C)C(CC1CC1)c1ccc2c(cnn2-c2ccc(F)cc2)c1. The molecule has 33 heavy (non-hydrogen) atoms. The second-order valence-electron chi connectivity index (χ2n) is 11.1. The lowest BCUT2D eigenvalue weighted by Crippen LogP contribution is -2.49. The lowest BCUT2D eigenvalue weighted by Gasteiger charge is -2.36. The van der Waals surface area contributed by atoms with E-state index in [1.54, 1.807) is 12.1 Å². The highest BCUT2D eigenvalue weighted by atomic mass is 19.1. The summed E-state index contributed by atoms with van der Waals surface area (Å²) in [6.45, 7) is 11.0. The molecule has 2 aromatic carbocycles. The first-order valence-electron chi connectivity index (χ1n) is 11.8. The Morgan fingerprint density at radius 1 is 1.12 bits per heavy atom. The second-order valence-corrected chi connectivity index (χ2v) is 11.1. The minimum absolute atomic E-state index is 0.113. The number of fused-ring (bicyclic) bond motifs is 1. The Labute approximate surface area is 195 Å². The lowest BCUT2D eigenvalue weighted by molar-refractivity contribution is 0.214. The van der Waals surface area contributed by atoms with E-state index in [1.807, 2.05) is 31.6 Å². The number of benzene rings is 2. The van der Waals surface area contributed by atoms with Crippen LogP contribution in [-0.2, 0) is 0 Å². The van der Waals surface area contributed by atoms with Gasteiger partial charge < -0.3 is 10.6 Å². The number of aromatic nitrogens is 2. The first kappa shape index (κ1) is 23.3. The fourth-order valence-corrected chi connectivity index (χ4v) is 4.47. The summed E-state index contributed by atoms with van der Waals surface area (Å²) >= 11 is 0. The van der Waals surface area contributed by atoms with E-state index in [9.17, 15) is 9.18 Å². The number of nitrogens with one attached hydrogen (secondary N) is 2. The molecule has 6 heteroatoms. The van der Waals surface area contributed by atoms with Crippen molar-refractivity contribution in [2.24, 2.45) is 11.3 Å². The molecule has 3 aromatic rings. The van der Waals surface area contributed by atoms with Crippen LogP contribution in [0.4, 0.5) is 9.18 Å². The molecule has 1 fully saturated rings. The monoisotopic (exact) mass is 450 g/mol. The molecule has 2 amide bonds. The zero-order valence-electron chi connectivity index (χ0n) is 20.3. The lowest BCUT2D eigenvalue weighted by atomic mass is 9.72. The summed E-state index contributed by atoms with van der Waals surface area (Å²) in [5.74, 6) is 0.821. The average molecular weight is 451 g/mol. The zero-order valence-corrected chi connectivity index (χ0v) is 20.3. The van der Waals surface area contributed by atoms with Crippen LogP contribution in [0.25, 0.3) is 16.6 Å². The molecule has 0 saturated heterocycles. The van der Waals surface area contributed by atoms with E-state index in [1.165, 1.54) is 30.5 Å². The zero-order chi connectivity index (χ0) is 23.8. The Morgan fingerprint density at radius 3 is 2.45 bits per heavy atom. The number of carbonyl (C=O) groups is 1. The van der Waals surface area contributed by atoms with E-state index >= 15 is 0 Å². The minimum Gasteiger partial charge on any atom is -0.338 e. The molecule has 1 atom stereocenters. The van der Waals surface area contributed by atoms with Crippen LogP contribution < -0.4 is 10.6 Å². The maximum atomic E-state index is 13.3. The Balaban J connectivity index is 1.58. The maximum absolute atomic E-state index is 13.3. The van der Waals surface area contributed by atoms with Gasteiger partial charge >= 0.3 is 6.03 Å². The predicted octanol–water partition coefficient (Wildman–Crippen LogP) is 6.17. The van der Waals surface area contributed by atoms with Crippen LogP contribution in [0.2, 0.25) is 0 Å². The molecule has 1 aliphatic rings. The molecule has 2 N–H and O–H groups in total. The fraction of sp³-hybridized carbons (Fsp3) is 0.481. The minimum atomic E-state index is -0.267. The number of amides is 2. The summed E-state index contributed by atoms with van der Waals surface area (Å²) < 4.78 is 15.2. The molecule has 1 saturated carbocycles. The number of hydrogen-bond acceptors (Lipinski definition) is 2. The van der Waals surface area contributed by atoms with Crippen LogP contribution in [0.3, 0.4) is 0 Å². The molecule has 0 radical (unpaired) electrons. The molecule has 5 nitrogen and oxygen atoms in total. The molecule has 1 unspecified atom stereocenters. The molecule has 176 valence electrons. The van der Waals surface area contributed by atoms with Crippen molar-refractivity contribution in [3.63, 3.8) is 0 Å². The van der Waals surface area contributed by atoms with Gasteiger partial charge in [0, 0.05) is 17.5 Å². The van der Waals surface area contributed by atoms with Crippen molar-refractivity contribution in [2.75, 3.05) is 6.54 Å². The molecule has 0 bridgehead atoms. The highest BCUT2D eigenvalue weighted by molar-refractivity contribution is 5.81. The maximum Gasteiger partial charge on any atom is 0.315 e. The highest BCUT2D eigenvalue weighted by Crippen LogP contribution is 2.46. The van der Waals surface area contributed by atoms with Gasteiger partial charge in [-0.15, -0.1) is 0 Å². The topological polar surface area (TPSA) is 59.0 Å². The van der Waals surface area contributed by atoms with Crippen molar-refractivity contribution in [3.05, 3.63) is 60.0 Å². The highest BCUT2D eigenvalue weighted by Gasteiger charge is 2.36. The summed E-state index contributed by atoms with van der Waals surface area (Å²) in [6.07, 6.45) is 5.57. The third-order valence-electron chi connectivity index (χ3n) is 6.47. The number of rotatable bonds is 7. The molecule has 0 spiro atoms. The third-order valence-corrected chi connectivity index (χ3v) is 6.47.